The number of carboxylic acids is 1. The zero-order chi connectivity index (χ0) is 14.5. The summed E-state index contributed by atoms with van der Waals surface area (Å²) < 4.78 is 5.95. The van der Waals surface area contributed by atoms with E-state index in [9.17, 15) is 4.79 Å². The van der Waals surface area contributed by atoms with E-state index >= 15 is 0 Å². The molecule has 1 N–H and O–H groups in total. The number of aliphatic carboxylic acids is 1. The van der Waals surface area contributed by atoms with Gasteiger partial charge in [-0.25, -0.2) is 0 Å². The molecule has 1 heterocycles. The minimum atomic E-state index is -0.882. The molecule has 2 rings (SSSR count). The van der Waals surface area contributed by atoms with Gasteiger partial charge in [-0.3, -0.25) is 14.8 Å². The molecule has 0 saturated carbocycles. The van der Waals surface area contributed by atoms with Crippen molar-refractivity contribution in [2.45, 2.75) is 12.3 Å². The number of benzene rings is 1. The van der Waals surface area contributed by atoms with Crippen LogP contribution in [0.15, 0.2) is 41.3 Å². The van der Waals surface area contributed by atoms with Crippen LogP contribution in [0.4, 0.5) is 0 Å². The van der Waals surface area contributed by atoms with Crippen molar-refractivity contribution in [3.63, 3.8) is 0 Å². The first-order chi connectivity index (χ1) is 9.61. The second-order valence-corrected chi connectivity index (χ2v) is 5.03. The number of ether oxygens (including phenoxy) is 1. The Bertz CT molecular complexity index is 605. The molecule has 0 aliphatic carbocycles. The average molecular weight is 337 g/mol. The first-order valence-electron chi connectivity index (χ1n) is 5.93. The van der Waals surface area contributed by atoms with Crippen LogP contribution in [-0.4, -0.2) is 28.2 Å². The highest BCUT2D eigenvalue weighted by molar-refractivity contribution is 9.10. The van der Waals surface area contributed by atoms with Crippen LogP contribution in [-0.2, 0) is 4.79 Å². The van der Waals surface area contributed by atoms with Crippen molar-refractivity contribution in [2.24, 2.45) is 0 Å². The summed E-state index contributed by atoms with van der Waals surface area (Å²) in [6, 6.07) is 5.48. The lowest BCUT2D eigenvalue weighted by Crippen LogP contribution is -2.10. The van der Waals surface area contributed by atoms with Crippen LogP contribution in [0.2, 0.25) is 0 Å². The van der Waals surface area contributed by atoms with Crippen LogP contribution in [0, 0.1) is 0 Å². The van der Waals surface area contributed by atoms with Crippen LogP contribution in [0.3, 0.4) is 0 Å². The molecule has 0 fully saturated rings. The molecule has 5 nitrogen and oxygen atoms in total. The topological polar surface area (TPSA) is 72.3 Å². The number of halogens is 1. The van der Waals surface area contributed by atoms with E-state index in [0.29, 0.717) is 11.4 Å². The molecule has 0 amide bonds. The smallest absolute Gasteiger partial charge is 0.304 e. The number of aromatic nitrogens is 2. The van der Waals surface area contributed by atoms with Crippen LogP contribution in [0.5, 0.6) is 5.75 Å². The lowest BCUT2D eigenvalue weighted by Gasteiger charge is -2.15. The maximum absolute atomic E-state index is 11.1. The Labute approximate surface area is 124 Å². The quantitative estimate of drug-likeness (QED) is 0.908. The summed E-state index contributed by atoms with van der Waals surface area (Å²) in [7, 11) is 1.58. The molecule has 0 saturated heterocycles. The van der Waals surface area contributed by atoms with E-state index in [0.717, 1.165) is 10.0 Å². The van der Waals surface area contributed by atoms with Crippen LogP contribution in [0.1, 0.15) is 23.6 Å². The SMILES string of the molecule is COc1ccc(C(CC(=O)O)c2cnccn2)cc1Br. The van der Waals surface area contributed by atoms with Gasteiger partial charge in [0.25, 0.3) is 0 Å². The number of nitrogens with zero attached hydrogens (tertiary/aromatic N) is 2. The Kier molecular flexibility index (Phi) is 4.68. The predicted molar refractivity (Wildman–Crippen MR) is 76.8 cm³/mol. The summed E-state index contributed by atoms with van der Waals surface area (Å²) in [6.07, 6.45) is 4.66. The van der Waals surface area contributed by atoms with E-state index in [2.05, 4.69) is 25.9 Å². The molecular formula is C14H13BrN2O3. The molecule has 2 aromatic rings. The first kappa shape index (κ1) is 14.5. The van der Waals surface area contributed by atoms with E-state index in [1.165, 1.54) is 0 Å². The van der Waals surface area contributed by atoms with Crippen LogP contribution < -0.4 is 4.74 Å². The van der Waals surface area contributed by atoms with Crippen molar-refractivity contribution < 1.29 is 14.6 Å². The molecular weight excluding hydrogens is 324 g/mol. The van der Waals surface area contributed by atoms with Crippen LogP contribution >= 0.6 is 15.9 Å². The maximum atomic E-state index is 11.1. The standard InChI is InChI=1S/C14H13BrN2O3/c1-20-13-3-2-9(6-11(13)15)10(7-14(18)19)12-8-16-4-5-17-12/h2-6,8,10H,7H2,1H3,(H,18,19). The molecule has 0 bridgehead atoms. The molecule has 1 unspecified atom stereocenters. The van der Waals surface area contributed by atoms with Gasteiger partial charge in [0.15, 0.2) is 0 Å². The van der Waals surface area contributed by atoms with Gasteiger partial charge in [0, 0.05) is 24.5 Å². The molecule has 0 aliphatic heterocycles. The molecule has 104 valence electrons. The highest BCUT2D eigenvalue weighted by Crippen LogP contribution is 2.32. The number of hydrogen-bond donors (Lipinski definition) is 1. The van der Waals surface area contributed by atoms with E-state index in [1.807, 2.05) is 12.1 Å². The van der Waals surface area contributed by atoms with Crippen molar-refractivity contribution in [3.8, 4) is 5.75 Å². The van der Waals surface area contributed by atoms with E-state index in [4.69, 9.17) is 9.84 Å². The number of methoxy groups -OCH3 is 1. The average Bonchev–Trinajstić information content (AvgIpc) is 2.45. The molecule has 1 aromatic heterocycles. The molecule has 0 aliphatic rings. The highest BCUT2D eigenvalue weighted by Gasteiger charge is 2.20. The minimum Gasteiger partial charge on any atom is -0.496 e. The van der Waals surface area contributed by atoms with Gasteiger partial charge < -0.3 is 9.84 Å². The largest absolute Gasteiger partial charge is 0.496 e. The monoisotopic (exact) mass is 336 g/mol. The third-order valence-electron chi connectivity index (χ3n) is 2.90. The lowest BCUT2D eigenvalue weighted by molar-refractivity contribution is -0.137. The fraction of sp³-hybridized carbons (Fsp3) is 0.214. The number of rotatable bonds is 5. The normalized spacial score (nSPS) is 11.9. The molecule has 1 aromatic carbocycles. The summed E-state index contributed by atoms with van der Waals surface area (Å²) in [5.41, 5.74) is 1.48. The van der Waals surface area contributed by atoms with Gasteiger partial charge in [-0.2, -0.15) is 0 Å². The van der Waals surface area contributed by atoms with Crippen molar-refractivity contribution in [1.82, 2.24) is 9.97 Å². The van der Waals surface area contributed by atoms with Gasteiger partial charge in [0.05, 0.1) is 23.7 Å². The van der Waals surface area contributed by atoms with Gasteiger partial charge in [-0.05, 0) is 33.6 Å². The summed E-state index contributed by atoms with van der Waals surface area (Å²) in [5.74, 6) is -0.530. The first-order valence-corrected chi connectivity index (χ1v) is 6.72. The highest BCUT2D eigenvalue weighted by atomic mass is 79.9. The molecule has 20 heavy (non-hydrogen) atoms. The van der Waals surface area contributed by atoms with E-state index in [-0.39, 0.29) is 12.3 Å². The van der Waals surface area contributed by atoms with Gasteiger partial charge in [0.2, 0.25) is 0 Å². The molecule has 0 spiro atoms. The molecule has 6 heteroatoms. The van der Waals surface area contributed by atoms with Gasteiger partial charge in [0.1, 0.15) is 5.75 Å². The Balaban J connectivity index is 2.41. The van der Waals surface area contributed by atoms with Crippen molar-refractivity contribution in [2.75, 3.05) is 7.11 Å². The summed E-state index contributed by atoms with van der Waals surface area (Å²) in [6.45, 7) is 0. The summed E-state index contributed by atoms with van der Waals surface area (Å²) in [4.78, 5) is 19.3. The van der Waals surface area contributed by atoms with Crippen molar-refractivity contribution in [1.29, 1.82) is 0 Å². The number of carbonyl (C=O) groups is 1. The Hall–Kier alpha value is -1.95. The molecule has 0 radical (unpaired) electrons. The van der Waals surface area contributed by atoms with E-state index < -0.39 is 5.97 Å². The Morgan fingerprint density at radius 1 is 1.45 bits per heavy atom. The Morgan fingerprint density at radius 2 is 2.25 bits per heavy atom. The van der Waals surface area contributed by atoms with Crippen LogP contribution in [0.25, 0.3) is 0 Å². The minimum absolute atomic E-state index is 0.0442. The Morgan fingerprint density at radius 3 is 2.80 bits per heavy atom. The number of carboxylic acid groups (broad SMARTS) is 1. The lowest BCUT2D eigenvalue weighted by atomic mass is 9.92. The second-order valence-electron chi connectivity index (χ2n) is 4.17. The number of hydrogen-bond acceptors (Lipinski definition) is 4. The third kappa shape index (κ3) is 3.33. The molecule has 1 atom stereocenters. The van der Waals surface area contributed by atoms with Gasteiger partial charge in [-0.15, -0.1) is 0 Å². The third-order valence-corrected chi connectivity index (χ3v) is 3.52. The summed E-state index contributed by atoms with van der Waals surface area (Å²) in [5, 5.41) is 9.09. The second kappa shape index (κ2) is 6.47. The van der Waals surface area contributed by atoms with Gasteiger partial charge >= 0.3 is 5.97 Å². The predicted octanol–water partition coefficient (Wildman–Crippen LogP) is 2.85. The fourth-order valence-corrected chi connectivity index (χ4v) is 2.52. The van der Waals surface area contributed by atoms with E-state index in [1.54, 1.807) is 31.8 Å². The van der Waals surface area contributed by atoms with Gasteiger partial charge in [-0.1, -0.05) is 6.07 Å². The zero-order valence-corrected chi connectivity index (χ0v) is 12.4. The maximum Gasteiger partial charge on any atom is 0.304 e. The summed E-state index contributed by atoms with van der Waals surface area (Å²) >= 11 is 3.41. The fourth-order valence-electron chi connectivity index (χ4n) is 1.96. The van der Waals surface area contributed by atoms with Crippen molar-refractivity contribution >= 4 is 21.9 Å². The zero-order valence-electron chi connectivity index (χ0n) is 10.8. The van der Waals surface area contributed by atoms with Crippen molar-refractivity contribution in [3.05, 3.63) is 52.5 Å².